The van der Waals surface area contributed by atoms with Crippen LogP contribution in [0.3, 0.4) is 0 Å². The fraction of sp³-hybridized carbons (Fsp3) is 0.167. The monoisotopic (exact) mass is 463 g/mol. The Morgan fingerprint density at radius 1 is 0.844 bits per heavy atom. The summed E-state index contributed by atoms with van der Waals surface area (Å²) in [5, 5.41) is 6.87. The summed E-state index contributed by atoms with van der Waals surface area (Å²) in [5.74, 6) is 0.125. The van der Waals surface area contributed by atoms with Gasteiger partial charge in [-0.2, -0.15) is 0 Å². The Bertz CT molecular complexity index is 1270. The van der Waals surface area contributed by atoms with Crippen molar-refractivity contribution in [3.8, 4) is 11.1 Å². The first-order chi connectivity index (χ1) is 15.4. The van der Waals surface area contributed by atoms with Crippen molar-refractivity contribution in [3.63, 3.8) is 0 Å². The molecule has 3 aromatic carbocycles. The van der Waals surface area contributed by atoms with Crippen molar-refractivity contribution in [1.82, 2.24) is 0 Å². The fourth-order valence-electron chi connectivity index (χ4n) is 3.82. The fourth-order valence-corrected chi connectivity index (χ4v) is 7.50. The summed E-state index contributed by atoms with van der Waals surface area (Å²) in [6.45, 7) is 0. The number of carbonyl (C=O) groups is 1. The molecule has 0 aliphatic carbocycles. The summed E-state index contributed by atoms with van der Waals surface area (Å²) in [5.41, 5.74) is 4.31. The van der Waals surface area contributed by atoms with Gasteiger partial charge in [-0.05, 0) is 47.5 Å². The smallest absolute Gasteiger partial charge is 0.255 e. The minimum absolute atomic E-state index is 0.000769. The second-order valence-electron chi connectivity index (χ2n) is 7.83. The standard InChI is InChI=1S/C24H21N3O3S2/c28-23(25-19-10-6-17(7-11-19)16-4-2-1-3-5-16)18-8-12-20(13-9-18)26-24-27-21-14-32(29,30)15-22(21)31-24/h1-13,21-22H,14-15H2,(H,25,28)(H,26,27)/t21-,22-/m1/s1. The highest BCUT2D eigenvalue weighted by Crippen LogP contribution is 2.34. The van der Waals surface area contributed by atoms with Gasteiger partial charge in [0.1, 0.15) is 0 Å². The van der Waals surface area contributed by atoms with Crippen molar-refractivity contribution in [2.24, 2.45) is 4.99 Å². The molecule has 1 saturated heterocycles. The normalized spacial score (nSPS) is 20.9. The Hall–Kier alpha value is -3.10. The van der Waals surface area contributed by atoms with Gasteiger partial charge in [0, 0.05) is 22.2 Å². The number of thioether (sulfide) groups is 1. The second kappa shape index (κ2) is 8.44. The van der Waals surface area contributed by atoms with E-state index in [1.54, 1.807) is 12.1 Å². The van der Waals surface area contributed by atoms with Crippen LogP contribution in [0.5, 0.6) is 0 Å². The molecule has 0 saturated carbocycles. The van der Waals surface area contributed by atoms with E-state index in [0.717, 1.165) is 27.7 Å². The first-order valence-electron chi connectivity index (χ1n) is 10.2. The van der Waals surface area contributed by atoms with E-state index in [4.69, 9.17) is 0 Å². The van der Waals surface area contributed by atoms with Crippen LogP contribution >= 0.6 is 11.8 Å². The number of hydrogen-bond acceptors (Lipinski definition) is 6. The highest BCUT2D eigenvalue weighted by molar-refractivity contribution is 8.15. The molecule has 0 bridgehead atoms. The van der Waals surface area contributed by atoms with Gasteiger partial charge in [0.25, 0.3) is 5.91 Å². The minimum atomic E-state index is -2.96. The predicted octanol–water partition coefficient (Wildman–Crippen LogP) is 4.29. The summed E-state index contributed by atoms with van der Waals surface area (Å²) in [7, 11) is -2.96. The zero-order valence-corrected chi connectivity index (χ0v) is 18.7. The number of rotatable bonds is 4. The third kappa shape index (κ3) is 4.56. The number of benzene rings is 3. The molecule has 1 amide bonds. The largest absolute Gasteiger partial charge is 0.335 e. The third-order valence-electron chi connectivity index (χ3n) is 5.47. The highest BCUT2D eigenvalue weighted by Gasteiger charge is 2.42. The van der Waals surface area contributed by atoms with E-state index < -0.39 is 9.84 Å². The lowest BCUT2D eigenvalue weighted by atomic mass is 10.1. The average molecular weight is 464 g/mol. The van der Waals surface area contributed by atoms with Gasteiger partial charge in [0.15, 0.2) is 15.0 Å². The van der Waals surface area contributed by atoms with Crippen LogP contribution in [-0.4, -0.2) is 42.3 Å². The van der Waals surface area contributed by atoms with Gasteiger partial charge >= 0.3 is 0 Å². The van der Waals surface area contributed by atoms with Crippen LogP contribution in [0.1, 0.15) is 10.4 Å². The second-order valence-corrected chi connectivity index (χ2v) is 11.2. The van der Waals surface area contributed by atoms with E-state index in [9.17, 15) is 13.2 Å². The van der Waals surface area contributed by atoms with E-state index in [0.29, 0.717) is 5.56 Å². The Kier molecular flexibility index (Phi) is 5.48. The molecule has 2 heterocycles. The van der Waals surface area contributed by atoms with Gasteiger partial charge in [0.05, 0.1) is 17.5 Å². The van der Waals surface area contributed by atoms with E-state index in [1.165, 1.54) is 11.8 Å². The summed E-state index contributed by atoms with van der Waals surface area (Å²) in [6.07, 6.45) is 0. The first-order valence-corrected chi connectivity index (χ1v) is 12.9. The summed E-state index contributed by atoms with van der Waals surface area (Å²) >= 11 is 1.47. The van der Waals surface area contributed by atoms with Crippen molar-refractivity contribution >= 4 is 44.0 Å². The molecule has 2 atom stereocenters. The van der Waals surface area contributed by atoms with E-state index in [1.807, 2.05) is 66.7 Å². The summed E-state index contributed by atoms with van der Waals surface area (Å²) in [6, 6.07) is 24.8. The van der Waals surface area contributed by atoms with Crippen molar-refractivity contribution in [2.45, 2.75) is 11.3 Å². The van der Waals surface area contributed by atoms with Gasteiger partial charge in [-0.15, -0.1) is 0 Å². The maximum absolute atomic E-state index is 12.6. The maximum Gasteiger partial charge on any atom is 0.255 e. The van der Waals surface area contributed by atoms with Crippen LogP contribution in [-0.2, 0) is 9.84 Å². The molecule has 0 unspecified atom stereocenters. The number of hydrogen-bond donors (Lipinski definition) is 2. The van der Waals surface area contributed by atoms with Crippen LogP contribution in [0.25, 0.3) is 11.1 Å². The number of fused-ring (bicyclic) bond motifs is 1. The average Bonchev–Trinajstić information content (AvgIpc) is 3.28. The molecule has 2 aliphatic rings. The highest BCUT2D eigenvalue weighted by atomic mass is 32.2. The molecule has 3 aromatic rings. The van der Waals surface area contributed by atoms with Gasteiger partial charge in [-0.1, -0.05) is 54.2 Å². The molecule has 0 radical (unpaired) electrons. The lowest BCUT2D eigenvalue weighted by molar-refractivity contribution is 0.102. The number of aliphatic imine (C=N–C) groups is 1. The van der Waals surface area contributed by atoms with Crippen LogP contribution in [0.4, 0.5) is 11.4 Å². The van der Waals surface area contributed by atoms with E-state index >= 15 is 0 Å². The molecule has 162 valence electrons. The van der Waals surface area contributed by atoms with Crippen LogP contribution < -0.4 is 10.6 Å². The summed E-state index contributed by atoms with van der Waals surface area (Å²) in [4.78, 5) is 17.1. The molecule has 2 N–H and O–H groups in total. The summed E-state index contributed by atoms with van der Waals surface area (Å²) < 4.78 is 23.4. The van der Waals surface area contributed by atoms with Crippen LogP contribution in [0.15, 0.2) is 83.9 Å². The molecule has 32 heavy (non-hydrogen) atoms. The number of anilines is 2. The molecule has 2 aliphatic heterocycles. The molecule has 6 nitrogen and oxygen atoms in total. The molecular formula is C24H21N3O3S2. The van der Waals surface area contributed by atoms with Gasteiger partial charge in [0.2, 0.25) is 0 Å². The predicted molar refractivity (Wildman–Crippen MR) is 131 cm³/mol. The lowest BCUT2D eigenvalue weighted by Gasteiger charge is -2.09. The van der Waals surface area contributed by atoms with Crippen LogP contribution in [0, 0.1) is 0 Å². The Morgan fingerprint density at radius 3 is 2.19 bits per heavy atom. The number of nitrogens with one attached hydrogen (secondary N) is 2. The molecule has 5 rings (SSSR count). The number of amides is 1. The zero-order valence-electron chi connectivity index (χ0n) is 17.1. The molecule has 8 heteroatoms. The van der Waals surface area contributed by atoms with E-state index in [-0.39, 0.29) is 28.7 Å². The topological polar surface area (TPSA) is 87.6 Å². The zero-order chi connectivity index (χ0) is 22.1. The van der Waals surface area contributed by atoms with Gasteiger partial charge in [-0.3, -0.25) is 9.79 Å². The number of nitrogens with zero attached hydrogens (tertiary/aromatic N) is 1. The Morgan fingerprint density at radius 2 is 1.50 bits per heavy atom. The van der Waals surface area contributed by atoms with Crippen molar-refractivity contribution in [3.05, 3.63) is 84.4 Å². The maximum atomic E-state index is 12.6. The Labute approximate surface area is 191 Å². The molecule has 1 fully saturated rings. The molecule has 0 spiro atoms. The SMILES string of the molecule is O=C(Nc1ccc(-c2ccccc2)cc1)c1ccc(NC2=N[C@@H]3CS(=O)(=O)C[C@H]3S2)cc1. The number of sulfone groups is 1. The number of amidine groups is 1. The van der Waals surface area contributed by atoms with Gasteiger partial charge < -0.3 is 10.6 Å². The number of carbonyl (C=O) groups excluding carboxylic acids is 1. The quantitative estimate of drug-likeness (QED) is 0.603. The van der Waals surface area contributed by atoms with Crippen molar-refractivity contribution in [1.29, 1.82) is 0 Å². The van der Waals surface area contributed by atoms with Crippen LogP contribution in [0.2, 0.25) is 0 Å². The molecular weight excluding hydrogens is 442 g/mol. The first kappa shape index (κ1) is 20.8. The van der Waals surface area contributed by atoms with Crippen molar-refractivity contribution < 1.29 is 13.2 Å². The van der Waals surface area contributed by atoms with E-state index in [2.05, 4.69) is 15.6 Å². The van der Waals surface area contributed by atoms with Gasteiger partial charge in [-0.25, -0.2) is 8.42 Å². The molecule has 0 aromatic heterocycles. The third-order valence-corrected chi connectivity index (χ3v) is 8.61. The Balaban J connectivity index is 1.20. The minimum Gasteiger partial charge on any atom is -0.335 e. The lowest BCUT2D eigenvalue weighted by Crippen LogP contribution is -2.13. The van der Waals surface area contributed by atoms with Crippen molar-refractivity contribution in [2.75, 3.05) is 22.1 Å².